The number of methoxy groups -OCH3 is 1. The van der Waals surface area contributed by atoms with Crippen molar-refractivity contribution in [3.63, 3.8) is 0 Å². The highest BCUT2D eigenvalue weighted by atomic mass is 16.5. The molecule has 7 nitrogen and oxygen atoms in total. The summed E-state index contributed by atoms with van der Waals surface area (Å²) < 4.78 is 11.1. The average molecular weight is 526 g/mol. The Labute approximate surface area is 229 Å². The maximum atomic E-state index is 12.8. The first kappa shape index (κ1) is 26.7. The minimum Gasteiger partial charge on any atom is -0.491 e. The van der Waals surface area contributed by atoms with Gasteiger partial charge < -0.3 is 14.8 Å². The van der Waals surface area contributed by atoms with Crippen molar-refractivity contribution in [1.82, 2.24) is 10.2 Å². The molecular formula is C32H35N3O4. The number of amides is 2. The fourth-order valence-electron chi connectivity index (χ4n) is 5.23. The minimum absolute atomic E-state index is 0.0962. The summed E-state index contributed by atoms with van der Waals surface area (Å²) in [4.78, 5) is 27.9. The van der Waals surface area contributed by atoms with Crippen LogP contribution in [0.4, 0.5) is 5.69 Å². The van der Waals surface area contributed by atoms with Gasteiger partial charge in [-0.3, -0.25) is 19.8 Å². The van der Waals surface area contributed by atoms with Gasteiger partial charge in [0.2, 0.25) is 0 Å². The van der Waals surface area contributed by atoms with E-state index in [-0.39, 0.29) is 6.10 Å². The highest BCUT2D eigenvalue weighted by molar-refractivity contribution is 6.31. The van der Waals surface area contributed by atoms with Gasteiger partial charge in [-0.2, -0.15) is 0 Å². The molecule has 2 heterocycles. The lowest BCUT2D eigenvalue weighted by atomic mass is 9.91. The molecule has 2 aliphatic heterocycles. The molecule has 1 saturated heterocycles. The highest BCUT2D eigenvalue weighted by Crippen LogP contribution is 2.31. The Bertz CT molecular complexity index is 1360. The van der Waals surface area contributed by atoms with E-state index in [0.29, 0.717) is 22.7 Å². The van der Waals surface area contributed by atoms with Gasteiger partial charge in [-0.05, 0) is 86.3 Å². The molecule has 0 aromatic heterocycles. The largest absolute Gasteiger partial charge is 0.491 e. The molecule has 1 fully saturated rings. The second kappa shape index (κ2) is 11.8. The quantitative estimate of drug-likeness (QED) is 0.285. The van der Waals surface area contributed by atoms with Gasteiger partial charge in [-0.15, -0.1) is 0 Å². The Morgan fingerprint density at radius 1 is 0.974 bits per heavy atom. The molecule has 39 heavy (non-hydrogen) atoms. The lowest BCUT2D eigenvalue weighted by Gasteiger charge is -2.23. The van der Waals surface area contributed by atoms with E-state index in [0.717, 1.165) is 42.3 Å². The average Bonchev–Trinajstić information content (AvgIpc) is 3.36. The number of carbonyl (C=O) groups is 2. The van der Waals surface area contributed by atoms with E-state index in [2.05, 4.69) is 27.7 Å². The van der Waals surface area contributed by atoms with Gasteiger partial charge in [0.25, 0.3) is 11.8 Å². The molecule has 2 aliphatic rings. The molecule has 202 valence electrons. The number of likely N-dealkylation sites (tertiary alicyclic amines) is 1. The third-order valence-electron chi connectivity index (χ3n) is 7.17. The lowest BCUT2D eigenvalue weighted by molar-refractivity contribution is -0.114. The van der Waals surface area contributed by atoms with Gasteiger partial charge in [0.05, 0.1) is 18.3 Å². The summed E-state index contributed by atoms with van der Waals surface area (Å²) in [7, 11) is 1.76. The van der Waals surface area contributed by atoms with Crippen LogP contribution in [-0.2, 0) is 16.1 Å². The third kappa shape index (κ3) is 6.21. The monoisotopic (exact) mass is 525 g/mol. The molecule has 0 saturated carbocycles. The zero-order valence-corrected chi connectivity index (χ0v) is 22.7. The van der Waals surface area contributed by atoms with Crippen LogP contribution in [0.2, 0.25) is 0 Å². The Hall–Kier alpha value is -3.94. The van der Waals surface area contributed by atoms with Crippen molar-refractivity contribution in [2.75, 3.05) is 25.6 Å². The number of rotatable bonds is 9. The first-order valence-corrected chi connectivity index (χ1v) is 13.5. The summed E-state index contributed by atoms with van der Waals surface area (Å²) in [6.45, 7) is 6.72. The molecule has 2 amide bonds. The first-order chi connectivity index (χ1) is 18.9. The minimum atomic E-state index is -0.423. The Morgan fingerprint density at radius 3 is 2.44 bits per heavy atom. The number of imide groups is 1. The standard InChI is InChI=1S/C32H35N3O4/c1-21(2)39-27-13-8-23(9-14-27)24-10-15-28-29(17-24)30(32(37)34-31(28)36)18-33-25-11-6-22(7-12-25)19-35-16-4-5-26(35)20-38-3/h6-15,17-18,21,26,33H,4-5,16,19-20H2,1-3H3,(H,34,36,37)/t26-/m1/s1. The lowest BCUT2D eigenvalue weighted by Crippen LogP contribution is -2.36. The third-order valence-corrected chi connectivity index (χ3v) is 7.17. The van der Waals surface area contributed by atoms with Crippen molar-refractivity contribution < 1.29 is 19.1 Å². The van der Waals surface area contributed by atoms with E-state index in [1.165, 1.54) is 18.4 Å². The molecule has 3 aromatic carbocycles. The van der Waals surface area contributed by atoms with Crippen LogP contribution in [0, 0.1) is 0 Å². The Morgan fingerprint density at radius 2 is 1.72 bits per heavy atom. The maximum Gasteiger partial charge on any atom is 0.260 e. The van der Waals surface area contributed by atoms with Gasteiger partial charge in [0, 0.05) is 42.7 Å². The number of ether oxygens (including phenoxy) is 2. The number of anilines is 1. The highest BCUT2D eigenvalue weighted by Gasteiger charge is 2.28. The summed E-state index contributed by atoms with van der Waals surface area (Å²) >= 11 is 0. The van der Waals surface area contributed by atoms with E-state index >= 15 is 0 Å². The van der Waals surface area contributed by atoms with Gasteiger partial charge >= 0.3 is 0 Å². The number of hydrogen-bond donors (Lipinski definition) is 2. The maximum absolute atomic E-state index is 12.8. The molecule has 0 unspecified atom stereocenters. The van der Waals surface area contributed by atoms with Crippen LogP contribution < -0.4 is 15.4 Å². The van der Waals surface area contributed by atoms with Gasteiger partial charge in [-0.1, -0.05) is 30.3 Å². The van der Waals surface area contributed by atoms with Crippen LogP contribution in [0.25, 0.3) is 16.7 Å². The van der Waals surface area contributed by atoms with Crippen LogP contribution >= 0.6 is 0 Å². The van der Waals surface area contributed by atoms with Crippen LogP contribution in [0.15, 0.2) is 72.9 Å². The van der Waals surface area contributed by atoms with Crippen molar-refractivity contribution in [2.24, 2.45) is 0 Å². The van der Waals surface area contributed by atoms with Gasteiger partial charge in [-0.25, -0.2) is 0 Å². The molecule has 2 N–H and O–H groups in total. The Balaban J connectivity index is 1.34. The normalized spacial score (nSPS) is 18.4. The summed E-state index contributed by atoms with van der Waals surface area (Å²) in [6, 6.07) is 22.1. The van der Waals surface area contributed by atoms with Gasteiger partial charge in [0.1, 0.15) is 5.75 Å². The zero-order chi connectivity index (χ0) is 27.4. The molecule has 1 atom stereocenters. The van der Waals surface area contributed by atoms with Crippen molar-refractivity contribution in [3.8, 4) is 16.9 Å². The molecule has 0 bridgehead atoms. The van der Waals surface area contributed by atoms with Crippen molar-refractivity contribution in [1.29, 1.82) is 0 Å². The summed E-state index contributed by atoms with van der Waals surface area (Å²) in [5, 5.41) is 5.70. The molecule has 5 rings (SSSR count). The number of carbonyl (C=O) groups excluding carboxylic acids is 2. The van der Waals surface area contributed by atoms with Crippen molar-refractivity contribution in [3.05, 3.63) is 89.6 Å². The molecule has 0 aliphatic carbocycles. The topological polar surface area (TPSA) is 79.9 Å². The Kier molecular flexibility index (Phi) is 8.10. The molecule has 0 radical (unpaired) electrons. The van der Waals surface area contributed by atoms with E-state index in [9.17, 15) is 9.59 Å². The number of hydrogen-bond acceptors (Lipinski definition) is 6. The number of nitrogens with zero attached hydrogens (tertiary/aromatic N) is 1. The molecule has 7 heteroatoms. The van der Waals surface area contributed by atoms with Crippen molar-refractivity contribution >= 4 is 23.1 Å². The van der Waals surface area contributed by atoms with E-state index in [1.807, 2.05) is 62.4 Å². The SMILES string of the molecule is COC[C@H]1CCCN1Cc1ccc(NC=C2C(=O)NC(=O)c3ccc(-c4ccc(OC(C)C)cc4)cc32)cc1. The fourth-order valence-corrected chi connectivity index (χ4v) is 5.23. The molecule has 3 aromatic rings. The summed E-state index contributed by atoms with van der Waals surface area (Å²) in [5.74, 6) is -0.0163. The summed E-state index contributed by atoms with van der Waals surface area (Å²) in [5.41, 5.74) is 5.47. The first-order valence-electron chi connectivity index (χ1n) is 13.5. The van der Waals surface area contributed by atoms with Crippen molar-refractivity contribution in [2.45, 2.75) is 45.4 Å². The van der Waals surface area contributed by atoms with Crippen LogP contribution in [-0.4, -0.2) is 49.1 Å². The van der Waals surface area contributed by atoms with E-state index in [4.69, 9.17) is 9.47 Å². The molecular weight excluding hydrogens is 490 g/mol. The number of fused-ring (bicyclic) bond motifs is 1. The zero-order valence-electron chi connectivity index (χ0n) is 22.7. The summed E-state index contributed by atoms with van der Waals surface area (Å²) in [6.07, 6.45) is 4.15. The predicted octanol–water partition coefficient (Wildman–Crippen LogP) is 5.47. The van der Waals surface area contributed by atoms with Crippen LogP contribution in [0.5, 0.6) is 5.75 Å². The predicted molar refractivity (Wildman–Crippen MR) is 153 cm³/mol. The van der Waals surface area contributed by atoms with Gasteiger partial charge in [0.15, 0.2) is 0 Å². The second-order valence-corrected chi connectivity index (χ2v) is 10.4. The smallest absolute Gasteiger partial charge is 0.260 e. The van der Waals surface area contributed by atoms with Crippen LogP contribution in [0.1, 0.15) is 48.2 Å². The van der Waals surface area contributed by atoms with E-state index in [1.54, 1.807) is 19.4 Å². The number of nitrogens with one attached hydrogen (secondary N) is 2. The van der Waals surface area contributed by atoms with Crippen LogP contribution in [0.3, 0.4) is 0 Å². The number of benzene rings is 3. The van der Waals surface area contributed by atoms with E-state index < -0.39 is 11.8 Å². The second-order valence-electron chi connectivity index (χ2n) is 10.4. The molecule has 0 spiro atoms. The fraction of sp³-hybridized carbons (Fsp3) is 0.312.